The van der Waals surface area contributed by atoms with Gasteiger partial charge in [-0.05, 0) is 12.1 Å². The van der Waals surface area contributed by atoms with E-state index in [0.717, 1.165) is 42.4 Å². The molecule has 100 valence electrons. The highest BCUT2D eigenvalue weighted by Crippen LogP contribution is 2.30. The van der Waals surface area contributed by atoms with Gasteiger partial charge < -0.3 is 19.4 Å². The minimum absolute atomic E-state index is 0.733. The molecular weight excluding hydrogens is 242 g/mol. The Labute approximate surface area is 112 Å². The second-order valence-electron chi connectivity index (χ2n) is 4.47. The van der Waals surface area contributed by atoms with E-state index in [4.69, 9.17) is 9.47 Å². The van der Waals surface area contributed by atoms with Crippen molar-refractivity contribution in [1.29, 1.82) is 0 Å². The van der Waals surface area contributed by atoms with Gasteiger partial charge in [0.15, 0.2) is 11.5 Å². The molecule has 0 spiro atoms. The van der Waals surface area contributed by atoms with E-state index in [1.165, 1.54) is 5.69 Å². The summed E-state index contributed by atoms with van der Waals surface area (Å²) < 4.78 is 12.7. The summed E-state index contributed by atoms with van der Waals surface area (Å²) in [7, 11) is 3.29. The Balaban J connectivity index is 2.04. The monoisotopic (exact) mass is 259 g/mol. The summed E-state index contributed by atoms with van der Waals surface area (Å²) in [5.41, 5.74) is 3.44. The number of fused-ring (bicyclic) bond motifs is 1. The molecule has 5 heteroatoms. The summed E-state index contributed by atoms with van der Waals surface area (Å²) in [6.45, 7) is 1.83. The fourth-order valence-electron chi connectivity index (χ4n) is 2.43. The van der Waals surface area contributed by atoms with E-state index >= 15 is 0 Å². The lowest BCUT2D eigenvalue weighted by Gasteiger charge is -2.16. The molecule has 0 atom stereocenters. The zero-order chi connectivity index (χ0) is 13.2. The van der Waals surface area contributed by atoms with Gasteiger partial charge in [0.1, 0.15) is 0 Å². The van der Waals surface area contributed by atoms with E-state index in [9.17, 15) is 0 Å². The smallest absolute Gasteiger partial charge is 0.162 e. The predicted molar refractivity (Wildman–Crippen MR) is 72.1 cm³/mol. The van der Waals surface area contributed by atoms with Crippen LogP contribution in [0, 0.1) is 0 Å². The van der Waals surface area contributed by atoms with Crippen molar-refractivity contribution in [3.05, 3.63) is 35.9 Å². The van der Waals surface area contributed by atoms with Crippen molar-refractivity contribution >= 4 is 0 Å². The van der Waals surface area contributed by atoms with Crippen LogP contribution in [0.5, 0.6) is 11.5 Å². The average molecular weight is 259 g/mol. The molecule has 0 amide bonds. The Morgan fingerprint density at radius 1 is 1.21 bits per heavy atom. The average Bonchev–Trinajstić information content (AvgIpc) is 2.90. The van der Waals surface area contributed by atoms with Crippen molar-refractivity contribution in [3.8, 4) is 17.2 Å². The molecular formula is C14H17N3O2. The van der Waals surface area contributed by atoms with Gasteiger partial charge in [0, 0.05) is 31.3 Å². The van der Waals surface area contributed by atoms with Crippen molar-refractivity contribution in [2.24, 2.45) is 0 Å². The van der Waals surface area contributed by atoms with Gasteiger partial charge in [-0.1, -0.05) is 0 Å². The zero-order valence-corrected chi connectivity index (χ0v) is 11.1. The third-order valence-corrected chi connectivity index (χ3v) is 3.43. The van der Waals surface area contributed by atoms with Gasteiger partial charge in [-0.3, -0.25) is 0 Å². The molecule has 0 saturated carbocycles. The number of hydrogen-bond donors (Lipinski definition) is 1. The van der Waals surface area contributed by atoms with Gasteiger partial charge in [-0.25, -0.2) is 4.98 Å². The van der Waals surface area contributed by atoms with Crippen molar-refractivity contribution in [2.45, 2.75) is 13.0 Å². The Kier molecular flexibility index (Phi) is 3.13. The van der Waals surface area contributed by atoms with Crippen LogP contribution in [0.25, 0.3) is 5.69 Å². The minimum atomic E-state index is 0.733. The maximum atomic E-state index is 5.35. The molecule has 2 aromatic rings. The van der Waals surface area contributed by atoms with Crippen LogP contribution >= 0.6 is 0 Å². The standard InChI is InChI=1S/C14H17N3O2/c1-18-13-4-3-10(7-14(13)19-2)17-9-16-11-8-15-6-5-12(11)17/h3-4,7,9,15H,5-6,8H2,1-2H3. The number of benzene rings is 1. The van der Waals surface area contributed by atoms with Gasteiger partial charge in [0.2, 0.25) is 0 Å². The summed E-state index contributed by atoms with van der Waals surface area (Å²) in [4.78, 5) is 4.46. The summed E-state index contributed by atoms with van der Waals surface area (Å²) in [6.07, 6.45) is 2.86. The number of rotatable bonds is 3. The number of nitrogens with zero attached hydrogens (tertiary/aromatic N) is 2. The van der Waals surface area contributed by atoms with E-state index in [1.807, 2.05) is 24.5 Å². The van der Waals surface area contributed by atoms with Gasteiger partial charge in [-0.15, -0.1) is 0 Å². The van der Waals surface area contributed by atoms with Gasteiger partial charge in [0.05, 0.1) is 31.9 Å². The molecule has 1 N–H and O–H groups in total. The SMILES string of the molecule is COc1ccc(-n2cnc3c2CCNC3)cc1OC. The molecule has 0 saturated heterocycles. The molecule has 0 unspecified atom stereocenters. The highest BCUT2D eigenvalue weighted by atomic mass is 16.5. The first-order valence-electron chi connectivity index (χ1n) is 6.31. The highest BCUT2D eigenvalue weighted by molar-refractivity contribution is 5.49. The fourth-order valence-corrected chi connectivity index (χ4v) is 2.43. The molecule has 1 aromatic heterocycles. The van der Waals surface area contributed by atoms with E-state index in [0.29, 0.717) is 0 Å². The minimum Gasteiger partial charge on any atom is -0.493 e. The topological polar surface area (TPSA) is 48.3 Å². The van der Waals surface area contributed by atoms with Crippen LogP contribution in [0.4, 0.5) is 0 Å². The van der Waals surface area contributed by atoms with Crippen molar-refractivity contribution in [1.82, 2.24) is 14.9 Å². The first-order valence-corrected chi connectivity index (χ1v) is 6.31. The Bertz CT molecular complexity index is 592. The Hall–Kier alpha value is -2.01. The Morgan fingerprint density at radius 3 is 2.84 bits per heavy atom. The lowest BCUT2D eigenvalue weighted by atomic mass is 10.1. The molecule has 0 radical (unpaired) electrons. The largest absolute Gasteiger partial charge is 0.493 e. The van der Waals surface area contributed by atoms with Crippen LogP contribution in [-0.4, -0.2) is 30.3 Å². The third-order valence-electron chi connectivity index (χ3n) is 3.43. The van der Waals surface area contributed by atoms with Gasteiger partial charge in [0.25, 0.3) is 0 Å². The summed E-state index contributed by atoms with van der Waals surface area (Å²) in [5.74, 6) is 1.47. The summed E-state index contributed by atoms with van der Waals surface area (Å²) in [5, 5.41) is 3.33. The van der Waals surface area contributed by atoms with E-state index in [-0.39, 0.29) is 0 Å². The number of nitrogens with one attached hydrogen (secondary N) is 1. The summed E-state index contributed by atoms with van der Waals surface area (Å²) in [6, 6.07) is 5.91. The van der Waals surface area contributed by atoms with E-state index in [2.05, 4.69) is 14.9 Å². The molecule has 1 aliphatic rings. The van der Waals surface area contributed by atoms with Crippen LogP contribution in [0.2, 0.25) is 0 Å². The van der Waals surface area contributed by atoms with Gasteiger partial charge >= 0.3 is 0 Å². The molecule has 0 fully saturated rings. The van der Waals surface area contributed by atoms with Crippen LogP contribution in [0.15, 0.2) is 24.5 Å². The van der Waals surface area contributed by atoms with Crippen molar-refractivity contribution < 1.29 is 9.47 Å². The molecule has 5 nitrogen and oxygen atoms in total. The first kappa shape index (κ1) is 12.0. The molecule has 19 heavy (non-hydrogen) atoms. The number of aromatic nitrogens is 2. The number of imidazole rings is 1. The number of methoxy groups -OCH3 is 2. The summed E-state index contributed by atoms with van der Waals surface area (Å²) >= 11 is 0. The molecule has 1 aliphatic heterocycles. The molecule has 0 aliphatic carbocycles. The van der Waals surface area contributed by atoms with Crippen LogP contribution < -0.4 is 14.8 Å². The van der Waals surface area contributed by atoms with Crippen molar-refractivity contribution in [3.63, 3.8) is 0 Å². The number of ether oxygens (including phenoxy) is 2. The predicted octanol–water partition coefficient (Wildman–Crippen LogP) is 1.54. The second-order valence-corrected chi connectivity index (χ2v) is 4.47. The number of hydrogen-bond acceptors (Lipinski definition) is 4. The first-order chi connectivity index (χ1) is 9.33. The fraction of sp³-hybridized carbons (Fsp3) is 0.357. The molecule has 1 aromatic carbocycles. The van der Waals surface area contributed by atoms with Crippen LogP contribution in [0.3, 0.4) is 0 Å². The maximum absolute atomic E-state index is 5.35. The van der Waals surface area contributed by atoms with E-state index in [1.54, 1.807) is 14.2 Å². The second kappa shape index (κ2) is 4.93. The zero-order valence-electron chi connectivity index (χ0n) is 11.1. The molecule has 3 rings (SSSR count). The molecule has 0 bridgehead atoms. The van der Waals surface area contributed by atoms with Crippen molar-refractivity contribution in [2.75, 3.05) is 20.8 Å². The molecule has 2 heterocycles. The normalized spacial score (nSPS) is 14.0. The third kappa shape index (κ3) is 2.06. The highest BCUT2D eigenvalue weighted by Gasteiger charge is 2.16. The van der Waals surface area contributed by atoms with Gasteiger partial charge in [-0.2, -0.15) is 0 Å². The quantitative estimate of drug-likeness (QED) is 0.908. The van der Waals surface area contributed by atoms with Crippen LogP contribution in [0.1, 0.15) is 11.4 Å². The Morgan fingerprint density at radius 2 is 2.05 bits per heavy atom. The lowest BCUT2D eigenvalue weighted by molar-refractivity contribution is 0.355. The van der Waals surface area contributed by atoms with E-state index < -0.39 is 0 Å². The van der Waals surface area contributed by atoms with Crippen LogP contribution in [-0.2, 0) is 13.0 Å². The lowest BCUT2D eigenvalue weighted by Crippen LogP contribution is -2.24. The maximum Gasteiger partial charge on any atom is 0.162 e.